The van der Waals surface area contributed by atoms with Crippen LogP contribution in [0.4, 0.5) is 5.69 Å². The molecule has 1 fully saturated rings. The van der Waals surface area contributed by atoms with E-state index in [1.807, 2.05) is 12.1 Å². The number of rotatable bonds is 7. The second-order valence-electron chi connectivity index (χ2n) is 7.88. The lowest BCUT2D eigenvalue weighted by Crippen LogP contribution is -2.20. The number of anilines is 1. The number of fused-ring (bicyclic) bond motifs is 1. The van der Waals surface area contributed by atoms with Crippen molar-refractivity contribution in [3.8, 4) is 0 Å². The molecular weight excluding hydrogens is 346 g/mol. The van der Waals surface area contributed by atoms with Crippen LogP contribution < -0.4 is 4.90 Å². The number of carbonyl (C=O) groups excluding carboxylic acids is 1. The van der Waals surface area contributed by atoms with E-state index >= 15 is 0 Å². The van der Waals surface area contributed by atoms with Crippen molar-refractivity contribution < 1.29 is 9.53 Å². The van der Waals surface area contributed by atoms with Gasteiger partial charge in [-0.2, -0.15) is 0 Å². The molecule has 144 valence electrons. The molecule has 1 aliphatic rings. The second-order valence-corrected chi connectivity index (χ2v) is 7.88. The minimum atomic E-state index is 0.342. The first kappa shape index (κ1) is 18.5. The Labute approximate surface area is 166 Å². The van der Waals surface area contributed by atoms with E-state index < -0.39 is 0 Å². The van der Waals surface area contributed by atoms with E-state index in [0.29, 0.717) is 24.9 Å². The minimum Gasteiger partial charge on any atom is -0.463 e. The Morgan fingerprint density at radius 2 is 1.86 bits per heavy atom. The molecule has 0 spiro atoms. The summed E-state index contributed by atoms with van der Waals surface area (Å²) in [7, 11) is 0. The maximum atomic E-state index is 10.3. The van der Waals surface area contributed by atoms with E-state index in [4.69, 9.17) is 4.74 Å². The highest BCUT2D eigenvalue weighted by atomic mass is 16.5. The van der Waals surface area contributed by atoms with E-state index in [0.717, 1.165) is 18.7 Å². The van der Waals surface area contributed by atoms with Gasteiger partial charge in [-0.1, -0.05) is 61.5 Å². The molecular formula is C25H27NO2. The van der Waals surface area contributed by atoms with E-state index in [1.54, 1.807) is 0 Å². The smallest absolute Gasteiger partial charge is 0.293 e. The maximum Gasteiger partial charge on any atom is 0.293 e. The normalized spacial score (nSPS) is 17.6. The molecule has 1 aliphatic heterocycles. The number of ether oxygens (including phenoxy) is 1. The van der Waals surface area contributed by atoms with Crippen molar-refractivity contribution in [3.05, 3.63) is 77.9 Å². The molecule has 0 radical (unpaired) electrons. The van der Waals surface area contributed by atoms with Gasteiger partial charge in [-0.05, 0) is 58.7 Å². The highest BCUT2D eigenvalue weighted by Crippen LogP contribution is 2.34. The van der Waals surface area contributed by atoms with Gasteiger partial charge >= 0.3 is 0 Å². The molecule has 0 saturated carbocycles. The zero-order valence-corrected chi connectivity index (χ0v) is 16.4. The van der Waals surface area contributed by atoms with Crippen LogP contribution in [0.3, 0.4) is 0 Å². The number of benzene rings is 3. The Kier molecular flexibility index (Phi) is 5.61. The Morgan fingerprint density at radius 1 is 1.07 bits per heavy atom. The molecule has 0 bridgehead atoms. The van der Waals surface area contributed by atoms with Crippen molar-refractivity contribution >= 4 is 22.9 Å². The summed E-state index contributed by atoms with van der Waals surface area (Å²) in [6.07, 6.45) is 2.46. The van der Waals surface area contributed by atoms with E-state index in [9.17, 15) is 4.79 Å². The van der Waals surface area contributed by atoms with Crippen LogP contribution in [-0.4, -0.2) is 19.6 Å². The third kappa shape index (κ3) is 4.04. The number of hydrogen-bond acceptors (Lipinski definition) is 3. The van der Waals surface area contributed by atoms with E-state index in [1.165, 1.54) is 34.9 Å². The lowest BCUT2D eigenvalue weighted by molar-refractivity contribution is -0.129. The molecule has 0 N–H and O–H groups in total. The number of carbonyl (C=O) groups is 1. The number of hydrogen-bond donors (Lipinski definition) is 0. The zero-order chi connectivity index (χ0) is 19.3. The molecule has 3 nitrogen and oxygen atoms in total. The van der Waals surface area contributed by atoms with Crippen LogP contribution >= 0.6 is 0 Å². The fourth-order valence-electron chi connectivity index (χ4n) is 4.50. The molecule has 28 heavy (non-hydrogen) atoms. The Morgan fingerprint density at radius 3 is 2.68 bits per heavy atom. The molecule has 1 heterocycles. The minimum absolute atomic E-state index is 0.342. The SMILES string of the molecule is C[C@@H](C[C@H]1CCN(c2ccc(COC=O)cc2)C1)c1cccc2ccccc12. The molecule has 3 aromatic carbocycles. The van der Waals surface area contributed by atoms with Crippen LogP contribution in [0.25, 0.3) is 10.8 Å². The van der Waals surface area contributed by atoms with Gasteiger partial charge in [-0.25, -0.2) is 0 Å². The molecule has 0 unspecified atom stereocenters. The van der Waals surface area contributed by atoms with Gasteiger partial charge in [0, 0.05) is 18.8 Å². The van der Waals surface area contributed by atoms with Gasteiger partial charge in [0.15, 0.2) is 0 Å². The number of nitrogens with zero attached hydrogens (tertiary/aromatic N) is 1. The van der Waals surface area contributed by atoms with Crippen molar-refractivity contribution in [3.63, 3.8) is 0 Å². The molecule has 4 rings (SSSR count). The third-order valence-corrected chi connectivity index (χ3v) is 5.95. The monoisotopic (exact) mass is 373 g/mol. The quantitative estimate of drug-likeness (QED) is 0.510. The van der Waals surface area contributed by atoms with Crippen LogP contribution in [-0.2, 0) is 16.1 Å². The predicted molar refractivity (Wildman–Crippen MR) is 115 cm³/mol. The molecule has 3 aromatic rings. The fraction of sp³-hybridized carbons (Fsp3) is 0.320. The highest BCUT2D eigenvalue weighted by Gasteiger charge is 2.25. The summed E-state index contributed by atoms with van der Waals surface area (Å²) in [6, 6.07) is 23.7. The van der Waals surface area contributed by atoms with Crippen LogP contribution in [0.2, 0.25) is 0 Å². The Bertz CT molecular complexity index is 929. The Hall–Kier alpha value is -2.81. The predicted octanol–water partition coefficient (Wildman–Crippen LogP) is 5.53. The fourth-order valence-corrected chi connectivity index (χ4v) is 4.50. The highest BCUT2D eigenvalue weighted by molar-refractivity contribution is 5.86. The molecule has 0 amide bonds. The van der Waals surface area contributed by atoms with Crippen LogP contribution in [0, 0.1) is 5.92 Å². The zero-order valence-electron chi connectivity index (χ0n) is 16.4. The van der Waals surface area contributed by atoms with Crippen molar-refractivity contribution in [2.75, 3.05) is 18.0 Å². The lowest BCUT2D eigenvalue weighted by atomic mass is 9.87. The Balaban J connectivity index is 1.39. The summed E-state index contributed by atoms with van der Waals surface area (Å²) in [6.45, 7) is 5.42. The summed E-state index contributed by atoms with van der Waals surface area (Å²) in [5.41, 5.74) is 3.75. The van der Waals surface area contributed by atoms with Crippen molar-refractivity contribution in [2.24, 2.45) is 5.92 Å². The average Bonchev–Trinajstić information content (AvgIpc) is 3.20. The van der Waals surface area contributed by atoms with Crippen molar-refractivity contribution in [1.82, 2.24) is 0 Å². The van der Waals surface area contributed by atoms with E-state index in [-0.39, 0.29) is 0 Å². The first-order chi connectivity index (χ1) is 13.7. The van der Waals surface area contributed by atoms with Crippen molar-refractivity contribution in [2.45, 2.75) is 32.3 Å². The van der Waals surface area contributed by atoms with Gasteiger partial charge in [0.2, 0.25) is 0 Å². The van der Waals surface area contributed by atoms with Gasteiger partial charge in [0.1, 0.15) is 6.61 Å². The summed E-state index contributed by atoms with van der Waals surface area (Å²) in [4.78, 5) is 12.8. The van der Waals surface area contributed by atoms with Crippen molar-refractivity contribution in [1.29, 1.82) is 0 Å². The maximum absolute atomic E-state index is 10.3. The summed E-state index contributed by atoms with van der Waals surface area (Å²) in [5, 5.41) is 2.72. The van der Waals surface area contributed by atoms with Gasteiger partial charge in [0.05, 0.1) is 0 Å². The summed E-state index contributed by atoms with van der Waals surface area (Å²) >= 11 is 0. The first-order valence-corrected chi connectivity index (χ1v) is 10.1. The van der Waals surface area contributed by atoms with Gasteiger partial charge in [-0.3, -0.25) is 4.79 Å². The standard InChI is InChI=1S/C25H27NO2/c1-19(24-8-4-6-22-5-2-3-7-25(22)24)15-21-13-14-26(16-21)23-11-9-20(10-12-23)17-28-18-27/h2-12,18-19,21H,13-17H2,1H3/t19-,21+/m0/s1. The van der Waals surface area contributed by atoms with E-state index in [2.05, 4.69) is 66.4 Å². The van der Waals surface area contributed by atoms with Crippen LogP contribution in [0.1, 0.15) is 36.8 Å². The summed E-state index contributed by atoms with van der Waals surface area (Å²) in [5.74, 6) is 1.27. The summed E-state index contributed by atoms with van der Waals surface area (Å²) < 4.78 is 4.82. The first-order valence-electron chi connectivity index (χ1n) is 10.1. The average molecular weight is 373 g/mol. The molecule has 1 saturated heterocycles. The topological polar surface area (TPSA) is 29.5 Å². The third-order valence-electron chi connectivity index (χ3n) is 5.95. The van der Waals surface area contributed by atoms with Gasteiger partial charge in [-0.15, -0.1) is 0 Å². The molecule has 3 heteroatoms. The van der Waals surface area contributed by atoms with Crippen LogP contribution in [0.15, 0.2) is 66.7 Å². The van der Waals surface area contributed by atoms with Gasteiger partial charge < -0.3 is 9.64 Å². The van der Waals surface area contributed by atoms with Gasteiger partial charge in [0.25, 0.3) is 6.47 Å². The lowest BCUT2D eigenvalue weighted by Gasteiger charge is -2.21. The van der Waals surface area contributed by atoms with Crippen LogP contribution in [0.5, 0.6) is 0 Å². The molecule has 0 aromatic heterocycles. The largest absolute Gasteiger partial charge is 0.463 e. The molecule has 2 atom stereocenters. The second kappa shape index (κ2) is 8.47. The molecule has 0 aliphatic carbocycles.